The molecule has 0 unspecified atom stereocenters. The largest absolute Gasteiger partial charge is 0.312 e. The highest BCUT2D eigenvalue weighted by Crippen LogP contribution is 2.54. The third-order valence-corrected chi connectivity index (χ3v) is 4.98. The molecule has 0 aromatic heterocycles. The molecule has 2 bridgehead atoms. The van der Waals surface area contributed by atoms with Gasteiger partial charge in [0.25, 0.3) is 0 Å². The van der Waals surface area contributed by atoms with E-state index in [0.29, 0.717) is 24.0 Å². The number of fused-ring (bicyclic) bond motifs is 7. The van der Waals surface area contributed by atoms with Crippen molar-refractivity contribution in [3.8, 4) is 0 Å². The van der Waals surface area contributed by atoms with E-state index in [4.69, 9.17) is 0 Å². The Morgan fingerprint density at radius 2 is 1.94 bits per heavy atom. The van der Waals surface area contributed by atoms with Crippen molar-refractivity contribution in [1.82, 2.24) is 4.90 Å². The van der Waals surface area contributed by atoms with Crippen molar-refractivity contribution in [1.29, 1.82) is 0 Å². The van der Waals surface area contributed by atoms with Crippen molar-refractivity contribution < 1.29 is 9.59 Å². The lowest BCUT2D eigenvalue weighted by molar-refractivity contribution is -0.133. The molecule has 0 spiro atoms. The molecule has 2 saturated carbocycles. The van der Waals surface area contributed by atoms with E-state index in [-0.39, 0.29) is 17.9 Å². The summed E-state index contributed by atoms with van der Waals surface area (Å²) in [5.74, 6) is 1.86. The van der Waals surface area contributed by atoms with Crippen LogP contribution in [0.1, 0.15) is 32.1 Å². The number of hydrogen-bond acceptors (Lipinski definition) is 2. The number of ketones is 1. The van der Waals surface area contributed by atoms with Gasteiger partial charge in [-0.2, -0.15) is 0 Å². The Morgan fingerprint density at radius 1 is 1.12 bits per heavy atom. The molecule has 2 aliphatic carbocycles. The van der Waals surface area contributed by atoms with Crippen LogP contribution in [-0.2, 0) is 9.59 Å². The van der Waals surface area contributed by atoms with Gasteiger partial charge < -0.3 is 4.90 Å². The average molecular weight is 217 g/mol. The maximum atomic E-state index is 12.1. The van der Waals surface area contributed by atoms with Crippen molar-refractivity contribution >= 4 is 11.7 Å². The molecule has 0 radical (unpaired) electrons. The molecule has 3 heteroatoms. The molecule has 2 aliphatic heterocycles. The molecule has 1 amide bonds. The van der Waals surface area contributed by atoms with Crippen molar-refractivity contribution in [3.05, 3.63) is 11.8 Å². The summed E-state index contributed by atoms with van der Waals surface area (Å²) >= 11 is 0. The van der Waals surface area contributed by atoms with E-state index in [1.807, 2.05) is 4.90 Å². The minimum Gasteiger partial charge on any atom is -0.312 e. The smallest absolute Gasteiger partial charge is 0.227 e. The van der Waals surface area contributed by atoms with Crippen LogP contribution in [0.5, 0.6) is 0 Å². The van der Waals surface area contributed by atoms with Crippen molar-refractivity contribution in [2.45, 2.75) is 38.1 Å². The van der Waals surface area contributed by atoms with Crippen molar-refractivity contribution in [3.63, 3.8) is 0 Å². The Kier molecular flexibility index (Phi) is 1.55. The summed E-state index contributed by atoms with van der Waals surface area (Å²) in [5.41, 5.74) is 1.00. The van der Waals surface area contributed by atoms with Gasteiger partial charge in [0.1, 0.15) is 0 Å². The van der Waals surface area contributed by atoms with E-state index < -0.39 is 0 Å². The second-order valence-electron chi connectivity index (χ2n) is 5.65. The number of carbonyl (C=O) groups is 2. The fourth-order valence-electron chi connectivity index (χ4n) is 4.43. The second kappa shape index (κ2) is 2.76. The molecule has 2 heterocycles. The van der Waals surface area contributed by atoms with Crippen LogP contribution >= 0.6 is 0 Å². The standard InChI is InChI=1S/C13H15NO2/c15-10-6-9-3-4-11(16)14(9)13-8-2-1-7(5-8)12(10)13/h6-8,12-13H,1-5H2/t7-,8+,12-,13-/m0/s1. The number of allylic oxidation sites excluding steroid dienone is 2. The van der Waals surface area contributed by atoms with Gasteiger partial charge in [0.05, 0.1) is 0 Å². The van der Waals surface area contributed by atoms with Gasteiger partial charge in [-0.25, -0.2) is 0 Å². The van der Waals surface area contributed by atoms with Crippen LogP contribution in [0.15, 0.2) is 11.8 Å². The van der Waals surface area contributed by atoms with Gasteiger partial charge in [-0.3, -0.25) is 9.59 Å². The normalized spacial score (nSPS) is 44.8. The Bertz CT molecular complexity index is 426. The number of hydrogen-bond donors (Lipinski definition) is 0. The molecule has 1 saturated heterocycles. The summed E-state index contributed by atoms with van der Waals surface area (Å²) in [7, 11) is 0. The molecule has 3 nitrogen and oxygen atoms in total. The first-order chi connectivity index (χ1) is 7.75. The number of nitrogens with zero attached hydrogens (tertiary/aromatic N) is 1. The molecule has 84 valence electrons. The molecule has 0 aromatic rings. The zero-order valence-electron chi connectivity index (χ0n) is 9.19. The SMILES string of the molecule is O=C1C=C2CCC(=O)N2[C@H]2[C@@H]3CC[C@@H](C3)[C@@H]12. The zero-order valence-corrected chi connectivity index (χ0v) is 9.19. The number of rotatable bonds is 0. The second-order valence-corrected chi connectivity index (χ2v) is 5.65. The van der Waals surface area contributed by atoms with Gasteiger partial charge >= 0.3 is 0 Å². The first kappa shape index (κ1) is 8.97. The van der Waals surface area contributed by atoms with E-state index >= 15 is 0 Å². The molecular formula is C13H15NO2. The van der Waals surface area contributed by atoms with Crippen molar-refractivity contribution in [2.24, 2.45) is 17.8 Å². The Hall–Kier alpha value is -1.12. The van der Waals surface area contributed by atoms with Crippen LogP contribution in [0.3, 0.4) is 0 Å². The topological polar surface area (TPSA) is 37.4 Å². The van der Waals surface area contributed by atoms with E-state index in [0.717, 1.165) is 12.1 Å². The lowest BCUT2D eigenvalue weighted by atomic mass is 9.78. The zero-order chi connectivity index (χ0) is 10.9. The minimum atomic E-state index is 0.143. The Balaban J connectivity index is 1.83. The van der Waals surface area contributed by atoms with Gasteiger partial charge in [0.15, 0.2) is 5.78 Å². The highest BCUT2D eigenvalue weighted by atomic mass is 16.2. The molecule has 16 heavy (non-hydrogen) atoms. The molecule has 4 rings (SSSR count). The molecule has 3 fully saturated rings. The monoisotopic (exact) mass is 217 g/mol. The lowest BCUT2D eigenvalue weighted by Gasteiger charge is -2.40. The molecule has 0 aromatic carbocycles. The van der Waals surface area contributed by atoms with E-state index in [9.17, 15) is 9.59 Å². The summed E-state index contributed by atoms with van der Waals surface area (Å²) in [5, 5.41) is 0. The number of amides is 1. The van der Waals surface area contributed by atoms with E-state index in [1.165, 1.54) is 19.3 Å². The highest BCUT2D eigenvalue weighted by molar-refractivity contribution is 5.97. The summed E-state index contributed by atoms with van der Waals surface area (Å²) in [4.78, 5) is 26.0. The molecule has 4 aliphatic rings. The maximum absolute atomic E-state index is 12.1. The van der Waals surface area contributed by atoms with Gasteiger partial charge in [-0.05, 0) is 37.5 Å². The maximum Gasteiger partial charge on any atom is 0.227 e. The van der Waals surface area contributed by atoms with Gasteiger partial charge in [-0.1, -0.05) is 0 Å². The lowest BCUT2D eigenvalue weighted by Crippen LogP contribution is -2.49. The Morgan fingerprint density at radius 3 is 2.81 bits per heavy atom. The van der Waals surface area contributed by atoms with Crippen LogP contribution in [0.25, 0.3) is 0 Å². The summed E-state index contributed by atoms with van der Waals surface area (Å²) in [6, 6.07) is 0.237. The molecule has 4 atom stereocenters. The predicted molar refractivity (Wildman–Crippen MR) is 57.3 cm³/mol. The van der Waals surface area contributed by atoms with Gasteiger partial charge in [-0.15, -0.1) is 0 Å². The summed E-state index contributed by atoms with van der Waals surface area (Å²) < 4.78 is 0. The van der Waals surface area contributed by atoms with Gasteiger partial charge in [0.2, 0.25) is 5.91 Å². The average Bonchev–Trinajstić information content (AvgIpc) is 2.92. The highest BCUT2D eigenvalue weighted by Gasteiger charge is 2.56. The summed E-state index contributed by atoms with van der Waals surface area (Å²) in [6.07, 6.45) is 6.74. The van der Waals surface area contributed by atoms with Crippen LogP contribution in [0, 0.1) is 17.8 Å². The fourth-order valence-corrected chi connectivity index (χ4v) is 4.43. The minimum absolute atomic E-state index is 0.143. The third kappa shape index (κ3) is 0.902. The Labute approximate surface area is 94.5 Å². The third-order valence-electron chi connectivity index (χ3n) is 4.98. The molecular weight excluding hydrogens is 202 g/mol. The fraction of sp³-hybridized carbons (Fsp3) is 0.692. The van der Waals surface area contributed by atoms with Crippen molar-refractivity contribution in [2.75, 3.05) is 0 Å². The quantitative estimate of drug-likeness (QED) is 0.616. The summed E-state index contributed by atoms with van der Waals surface area (Å²) in [6.45, 7) is 0. The molecule has 0 N–H and O–H groups in total. The number of carbonyl (C=O) groups excluding carboxylic acids is 2. The van der Waals surface area contributed by atoms with Crippen LogP contribution < -0.4 is 0 Å². The first-order valence-corrected chi connectivity index (χ1v) is 6.32. The predicted octanol–water partition coefficient (Wildman–Crippen LogP) is 1.49. The van der Waals surface area contributed by atoms with E-state index in [1.54, 1.807) is 6.08 Å². The van der Waals surface area contributed by atoms with Crippen LogP contribution in [0.2, 0.25) is 0 Å². The van der Waals surface area contributed by atoms with Gasteiger partial charge in [0, 0.05) is 30.2 Å². The van der Waals surface area contributed by atoms with Crippen LogP contribution in [0.4, 0.5) is 0 Å². The first-order valence-electron chi connectivity index (χ1n) is 6.32. The van der Waals surface area contributed by atoms with Crippen LogP contribution in [-0.4, -0.2) is 22.6 Å². The van der Waals surface area contributed by atoms with E-state index in [2.05, 4.69) is 0 Å².